The van der Waals surface area contributed by atoms with E-state index >= 15 is 0 Å². The number of aliphatic carboxylic acids is 1. The molecular formula is C17H27NO2. The molecule has 3 heteroatoms. The molecule has 1 rings (SSSR count). The van der Waals surface area contributed by atoms with Crippen molar-refractivity contribution in [2.75, 3.05) is 6.54 Å². The van der Waals surface area contributed by atoms with Gasteiger partial charge in [-0.15, -0.1) is 0 Å². The van der Waals surface area contributed by atoms with Crippen molar-refractivity contribution in [3.8, 4) is 0 Å². The average Bonchev–Trinajstić information content (AvgIpc) is 2.37. The number of carboxylic acids is 1. The lowest BCUT2D eigenvalue weighted by molar-refractivity contribution is -0.139. The van der Waals surface area contributed by atoms with Crippen molar-refractivity contribution < 1.29 is 9.90 Å². The molecule has 0 aliphatic heterocycles. The fourth-order valence-corrected chi connectivity index (χ4v) is 2.16. The van der Waals surface area contributed by atoms with Crippen LogP contribution >= 0.6 is 0 Å². The molecule has 0 amide bonds. The largest absolute Gasteiger partial charge is 0.480 e. The van der Waals surface area contributed by atoms with Gasteiger partial charge in [0.1, 0.15) is 6.04 Å². The Hall–Kier alpha value is -1.35. The zero-order valence-electron chi connectivity index (χ0n) is 13.1. The van der Waals surface area contributed by atoms with Gasteiger partial charge in [-0.25, -0.2) is 0 Å². The molecule has 0 saturated heterocycles. The number of carbonyl (C=O) groups is 1. The molecule has 2 N–H and O–H groups in total. The van der Waals surface area contributed by atoms with E-state index in [0.717, 1.165) is 12.8 Å². The van der Waals surface area contributed by atoms with Gasteiger partial charge in [-0.2, -0.15) is 0 Å². The summed E-state index contributed by atoms with van der Waals surface area (Å²) in [6, 6.07) is 8.18. The van der Waals surface area contributed by atoms with Crippen LogP contribution in [-0.2, 0) is 16.6 Å². The zero-order chi connectivity index (χ0) is 15.2. The summed E-state index contributed by atoms with van der Waals surface area (Å²) >= 11 is 0. The molecule has 3 nitrogen and oxygen atoms in total. The number of benzene rings is 1. The molecule has 20 heavy (non-hydrogen) atoms. The van der Waals surface area contributed by atoms with E-state index in [1.54, 1.807) is 0 Å². The van der Waals surface area contributed by atoms with Gasteiger partial charge >= 0.3 is 5.97 Å². The molecular weight excluding hydrogens is 250 g/mol. The quantitative estimate of drug-likeness (QED) is 0.803. The molecule has 1 aromatic rings. The summed E-state index contributed by atoms with van der Waals surface area (Å²) in [5, 5.41) is 12.2. The Morgan fingerprint density at radius 1 is 1.25 bits per heavy atom. The first-order valence-corrected chi connectivity index (χ1v) is 7.40. The summed E-state index contributed by atoms with van der Waals surface area (Å²) in [5.41, 5.74) is 2.74. The van der Waals surface area contributed by atoms with E-state index in [9.17, 15) is 4.79 Å². The van der Waals surface area contributed by atoms with E-state index in [-0.39, 0.29) is 5.41 Å². The van der Waals surface area contributed by atoms with Gasteiger partial charge < -0.3 is 10.4 Å². The maximum atomic E-state index is 11.0. The summed E-state index contributed by atoms with van der Waals surface area (Å²) in [6.07, 6.45) is 2.42. The van der Waals surface area contributed by atoms with Crippen LogP contribution in [-0.4, -0.2) is 23.7 Å². The molecule has 0 bridgehead atoms. The highest BCUT2D eigenvalue weighted by molar-refractivity contribution is 5.73. The topological polar surface area (TPSA) is 49.3 Å². The van der Waals surface area contributed by atoms with Crippen LogP contribution in [0.1, 0.15) is 51.7 Å². The molecule has 0 aliphatic rings. The number of hydrogen-bond donors (Lipinski definition) is 2. The Morgan fingerprint density at radius 2 is 1.85 bits per heavy atom. The lowest BCUT2D eigenvalue weighted by Gasteiger charge is -2.19. The van der Waals surface area contributed by atoms with Crippen molar-refractivity contribution >= 4 is 5.97 Å². The van der Waals surface area contributed by atoms with Gasteiger partial charge in [-0.3, -0.25) is 4.79 Å². The third-order valence-electron chi connectivity index (χ3n) is 3.50. The van der Waals surface area contributed by atoms with Crippen molar-refractivity contribution in [2.45, 2.75) is 58.4 Å². The molecule has 1 unspecified atom stereocenters. The minimum absolute atomic E-state index is 0.173. The van der Waals surface area contributed by atoms with Crippen molar-refractivity contribution in [2.24, 2.45) is 0 Å². The van der Waals surface area contributed by atoms with Gasteiger partial charge in [0.25, 0.3) is 0 Å². The molecule has 0 fully saturated rings. The smallest absolute Gasteiger partial charge is 0.320 e. The summed E-state index contributed by atoms with van der Waals surface area (Å²) in [6.45, 7) is 9.30. The first-order chi connectivity index (χ1) is 9.34. The summed E-state index contributed by atoms with van der Waals surface area (Å²) in [7, 11) is 0. The van der Waals surface area contributed by atoms with Crippen LogP contribution in [0.5, 0.6) is 0 Å². The molecule has 0 aliphatic carbocycles. The number of hydrogen-bond acceptors (Lipinski definition) is 2. The fraction of sp³-hybridized carbons (Fsp3) is 0.588. The van der Waals surface area contributed by atoms with Crippen LogP contribution in [0, 0.1) is 0 Å². The van der Waals surface area contributed by atoms with E-state index in [4.69, 9.17) is 5.11 Å². The van der Waals surface area contributed by atoms with Gasteiger partial charge in [-0.05, 0) is 35.9 Å². The zero-order valence-corrected chi connectivity index (χ0v) is 13.1. The second-order valence-electron chi connectivity index (χ2n) is 6.33. The molecule has 0 aromatic heterocycles. The third-order valence-corrected chi connectivity index (χ3v) is 3.50. The van der Waals surface area contributed by atoms with E-state index in [0.29, 0.717) is 13.0 Å². The number of nitrogens with one attached hydrogen (secondary N) is 1. The highest BCUT2D eigenvalue weighted by Crippen LogP contribution is 2.22. The standard InChI is InChI=1S/C17H27NO2/c1-5-6-15(16(19)20)18-12-11-13-7-9-14(10-8-13)17(2,3)4/h7-10,15,18H,5-6,11-12H2,1-4H3,(H,19,20). The lowest BCUT2D eigenvalue weighted by Crippen LogP contribution is -2.37. The van der Waals surface area contributed by atoms with Crippen LogP contribution in [0.15, 0.2) is 24.3 Å². The minimum Gasteiger partial charge on any atom is -0.480 e. The van der Waals surface area contributed by atoms with Crippen LogP contribution in [0.3, 0.4) is 0 Å². The van der Waals surface area contributed by atoms with Crippen LogP contribution in [0.4, 0.5) is 0 Å². The summed E-state index contributed by atoms with van der Waals surface area (Å²) < 4.78 is 0. The monoisotopic (exact) mass is 277 g/mol. The predicted molar refractivity (Wildman–Crippen MR) is 83.2 cm³/mol. The molecule has 1 aromatic carbocycles. The molecule has 1 atom stereocenters. The Bertz CT molecular complexity index is 418. The minimum atomic E-state index is -0.755. The fourth-order valence-electron chi connectivity index (χ4n) is 2.16. The highest BCUT2D eigenvalue weighted by Gasteiger charge is 2.15. The van der Waals surface area contributed by atoms with Crippen molar-refractivity contribution in [1.82, 2.24) is 5.32 Å². The maximum absolute atomic E-state index is 11.0. The Morgan fingerprint density at radius 3 is 2.30 bits per heavy atom. The first-order valence-electron chi connectivity index (χ1n) is 7.40. The molecule has 112 valence electrons. The molecule has 0 radical (unpaired) electrons. The normalized spacial score (nSPS) is 13.2. The Balaban J connectivity index is 2.48. The average molecular weight is 277 g/mol. The second kappa shape index (κ2) is 7.44. The summed E-state index contributed by atoms with van der Waals surface area (Å²) in [4.78, 5) is 11.0. The summed E-state index contributed by atoms with van der Waals surface area (Å²) in [5.74, 6) is -0.755. The second-order valence-corrected chi connectivity index (χ2v) is 6.33. The number of carboxylic acid groups (broad SMARTS) is 1. The SMILES string of the molecule is CCCC(NCCc1ccc(C(C)(C)C)cc1)C(=O)O. The third kappa shape index (κ3) is 5.33. The van der Waals surface area contributed by atoms with E-state index in [1.807, 2.05) is 6.92 Å². The van der Waals surface area contributed by atoms with E-state index in [2.05, 4.69) is 50.4 Å². The molecule has 0 heterocycles. The first kappa shape index (κ1) is 16.7. The molecule has 0 spiro atoms. The molecule has 0 saturated carbocycles. The van der Waals surface area contributed by atoms with Gasteiger partial charge in [-0.1, -0.05) is 58.4 Å². The van der Waals surface area contributed by atoms with Gasteiger partial charge in [0, 0.05) is 0 Å². The van der Waals surface area contributed by atoms with Crippen molar-refractivity contribution in [3.05, 3.63) is 35.4 Å². The maximum Gasteiger partial charge on any atom is 0.320 e. The van der Waals surface area contributed by atoms with Crippen LogP contribution < -0.4 is 5.32 Å². The van der Waals surface area contributed by atoms with Crippen LogP contribution in [0.25, 0.3) is 0 Å². The Labute approximate surface area is 122 Å². The van der Waals surface area contributed by atoms with Gasteiger partial charge in [0.15, 0.2) is 0 Å². The van der Waals surface area contributed by atoms with Crippen molar-refractivity contribution in [3.63, 3.8) is 0 Å². The predicted octanol–water partition coefficient (Wildman–Crippen LogP) is 3.37. The highest BCUT2D eigenvalue weighted by atomic mass is 16.4. The van der Waals surface area contributed by atoms with E-state index in [1.165, 1.54) is 11.1 Å². The van der Waals surface area contributed by atoms with Gasteiger partial charge in [0.05, 0.1) is 0 Å². The Kier molecular flexibility index (Phi) is 6.21. The van der Waals surface area contributed by atoms with Crippen LogP contribution in [0.2, 0.25) is 0 Å². The van der Waals surface area contributed by atoms with Crippen molar-refractivity contribution in [1.29, 1.82) is 0 Å². The van der Waals surface area contributed by atoms with Gasteiger partial charge in [0.2, 0.25) is 0 Å². The van der Waals surface area contributed by atoms with E-state index < -0.39 is 12.0 Å². The number of rotatable bonds is 7. The lowest BCUT2D eigenvalue weighted by atomic mass is 9.86.